The van der Waals surface area contributed by atoms with E-state index in [1.54, 1.807) is 37.4 Å². The van der Waals surface area contributed by atoms with Crippen LogP contribution in [-0.2, 0) is 12.8 Å². The molecule has 0 bridgehead atoms. The number of rotatable bonds is 5. The highest BCUT2D eigenvalue weighted by Crippen LogP contribution is 2.42. The highest BCUT2D eigenvalue weighted by Gasteiger charge is 2.54. The molecule has 1 aromatic carbocycles. The second kappa shape index (κ2) is 7.42. The average molecular weight is 437 g/mol. The van der Waals surface area contributed by atoms with E-state index < -0.39 is 36.0 Å². The van der Waals surface area contributed by atoms with Gasteiger partial charge in [0.1, 0.15) is 10.6 Å². The van der Waals surface area contributed by atoms with Gasteiger partial charge in [0.2, 0.25) is 0 Å². The quantitative estimate of drug-likeness (QED) is 0.586. The molecule has 3 aromatic rings. The number of aromatic nitrogens is 1. The normalized spacial score (nSPS) is 16.0. The third kappa shape index (κ3) is 3.52. The lowest BCUT2D eigenvalue weighted by atomic mass is 9.84. The first-order valence-electron chi connectivity index (χ1n) is 9.77. The van der Waals surface area contributed by atoms with E-state index in [1.807, 2.05) is 6.07 Å². The molecule has 1 aliphatic rings. The van der Waals surface area contributed by atoms with Gasteiger partial charge in [-0.3, -0.25) is 4.79 Å². The van der Waals surface area contributed by atoms with Gasteiger partial charge >= 0.3 is 6.18 Å². The van der Waals surface area contributed by atoms with Gasteiger partial charge in [-0.1, -0.05) is 26.0 Å². The van der Waals surface area contributed by atoms with Gasteiger partial charge in [-0.25, -0.2) is 0 Å². The molecule has 0 saturated heterocycles. The van der Waals surface area contributed by atoms with Gasteiger partial charge in [-0.05, 0) is 35.4 Å². The number of alkyl halides is 3. The lowest BCUT2D eigenvalue weighted by Crippen LogP contribution is -2.49. The molecule has 2 N–H and O–H groups in total. The van der Waals surface area contributed by atoms with Crippen LogP contribution < -0.4 is 10.2 Å². The van der Waals surface area contributed by atoms with Gasteiger partial charge in [0.05, 0.1) is 17.7 Å². The van der Waals surface area contributed by atoms with Crippen LogP contribution in [0, 0.1) is 5.92 Å². The Morgan fingerprint density at radius 2 is 2.03 bits per heavy atom. The monoisotopic (exact) mass is 437 g/mol. The van der Waals surface area contributed by atoms with Crippen LogP contribution in [0.15, 0.2) is 34.4 Å². The van der Waals surface area contributed by atoms with Crippen molar-refractivity contribution in [3.05, 3.63) is 51.0 Å². The largest absolute Gasteiger partial charge is 0.492 e. The fourth-order valence-electron chi connectivity index (χ4n) is 4.12. The van der Waals surface area contributed by atoms with Crippen molar-refractivity contribution in [2.75, 3.05) is 6.61 Å². The molecule has 0 aliphatic carbocycles. The Morgan fingerprint density at radius 1 is 1.27 bits per heavy atom. The lowest BCUT2D eigenvalue weighted by molar-refractivity contribution is -0.265. The molecular weight excluding hydrogens is 415 g/mol. The number of benzene rings is 1. The van der Waals surface area contributed by atoms with Crippen molar-refractivity contribution in [2.24, 2.45) is 5.92 Å². The minimum atomic E-state index is -4.88. The summed E-state index contributed by atoms with van der Waals surface area (Å²) in [5, 5.41) is 12.7. The first kappa shape index (κ1) is 20.9. The SMILES string of the molecule is CC(C)CC(O)(Cc1c(-c2cccc3c2OCC3)[nH]c2sccc2c1=O)C(F)(F)F. The zero-order valence-corrected chi connectivity index (χ0v) is 17.4. The molecule has 2 aromatic heterocycles. The van der Waals surface area contributed by atoms with Crippen molar-refractivity contribution < 1.29 is 23.0 Å². The highest BCUT2D eigenvalue weighted by atomic mass is 32.1. The van der Waals surface area contributed by atoms with Crippen molar-refractivity contribution in [2.45, 2.75) is 44.9 Å². The van der Waals surface area contributed by atoms with E-state index in [4.69, 9.17) is 4.74 Å². The predicted octanol–water partition coefficient (Wildman–Crippen LogP) is 5.07. The third-order valence-electron chi connectivity index (χ3n) is 5.45. The van der Waals surface area contributed by atoms with E-state index in [2.05, 4.69) is 4.98 Å². The van der Waals surface area contributed by atoms with Crippen LogP contribution in [0.1, 0.15) is 31.4 Å². The summed E-state index contributed by atoms with van der Waals surface area (Å²) in [6.07, 6.45) is -5.50. The van der Waals surface area contributed by atoms with Gasteiger partial charge in [-0.15, -0.1) is 11.3 Å². The molecule has 160 valence electrons. The Labute approximate surface area is 175 Å². The first-order chi connectivity index (χ1) is 14.1. The molecule has 0 radical (unpaired) electrons. The number of H-pyrrole nitrogens is 1. The van der Waals surface area contributed by atoms with Gasteiger partial charge < -0.3 is 14.8 Å². The number of fused-ring (bicyclic) bond motifs is 2. The number of nitrogens with one attached hydrogen (secondary N) is 1. The second-order valence-corrected chi connectivity index (χ2v) is 9.08. The van der Waals surface area contributed by atoms with Crippen molar-refractivity contribution in [1.29, 1.82) is 0 Å². The Morgan fingerprint density at radius 3 is 2.73 bits per heavy atom. The van der Waals surface area contributed by atoms with Crippen molar-refractivity contribution >= 4 is 21.6 Å². The summed E-state index contributed by atoms with van der Waals surface area (Å²) in [7, 11) is 0. The number of hydrogen-bond donors (Lipinski definition) is 2. The standard InChI is InChI=1S/C22H22F3NO3S/c1-12(2)10-21(28,22(23,24)25)11-16-17(26-20-15(18(16)27)7-9-30-20)14-5-3-4-13-6-8-29-19(13)14/h3-5,7,9,12,28H,6,8,10-11H2,1-2H3,(H,26,27). The van der Waals surface area contributed by atoms with Crippen molar-refractivity contribution in [3.63, 3.8) is 0 Å². The molecule has 3 heterocycles. The minimum Gasteiger partial charge on any atom is -0.492 e. The lowest BCUT2D eigenvalue weighted by Gasteiger charge is -2.32. The van der Waals surface area contributed by atoms with Crippen molar-refractivity contribution in [1.82, 2.24) is 4.98 Å². The fraction of sp³-hybridized carbons (Fsp3) is 0.409. The third-order valence-corrected chi connectivity index (χ3v) is 6.28. The number of thiophene rings is 1. The summed E-state index contributed by atoms with van der Waals surface area (Å²) in [5.74, 6) is 0.165. The highest BCUT2D eigenvalue weighted by molar-refractivity contribution is 7.16. The summed E-state index contributed by atoms with van der Waals surface area (Å²) in [6.45, 7) is 3.71. The van der Waals surface area contributed by atoms with Crippen LogP contribution >= 0.6 is 11.3 Å². The minimum absolute atomic E-state index is 0.0784. The second-order valence-electron chi connectivity index (χ2n) is 8.17. The van der Waals surface area contributed by atoms with Crippen LogP contribution in [-0.4, -0.2) is 28.5 Å². The number of ether oxygens (including phenoxy) is 1. The number of aromatic amines is 1. The van der Waals surface area contributed by atoms with E-state index in [0.717, 1.165) is 5.56 Å². The molecule has 0 amide bonds. The molecule has 0 saturated carbocycles. The summed E-state index contributed by atoms with van der Waals surface area (Å²) in [5.41, 5.74) is -1.82. The van der Waals surface area contributed by atoms with Crippen molar-refractivity contribution in [3.8, 4) is 17.0 Å². The Kier molecular flexibility index (Phi) is 5.18. The van der Waals surface area contributed by atoms with Gasteiger partial charge in [0.25, 0.3) is 0 Å². The Balaban J connectivity index is 1.96. The molecule has 1 atom stereocenters. The molecule has 8 heteroatoms. The summed E-state index contributed by atoms with van der Waals surface area (Å²) < 4.78 is 47.4. The van der Waals surface area contributed by atoms with Crippen LogP contribution in [0.3, 0.4) is 0 Å². The first-order valence-corrected chi connectivity index (χ1v) is 10.7. The summed E-state index contributed by atoms with van der Waals surface area (Å²) in [6, 6.07) is 7.02. The molecule has 1 unspecified atom stereocenters. The molecule has 4 rings (SSSR count). The summed E-state index contributed by atoms with van der Waals surface area (Å²) in [4.78, 5) is 17.0. The molecular formula is C22H22F3NO3S. The Bertz CT molecular complexity index is 1150. The van der Waals surface area contributed by atoms with E-state index in [0.29, 0.717) is 34.6 Å². The number of para-hydroxylation sites is 1. The molecule has 0 fully saturated rings. The topological polar surface area (TPSA) is 62.3 Å². The van der Waals surface area contributed by atoms with Crippen LogP contribution in [0.4, 0.5) is 13.2 Å². The molecule has 4 nitrogen and oxygen atoms in total. The van der Waals surface area contributed by atoms with Gasteiger partial charge in [-0.2, -0.15) is 13.2 Å². The maximum atomic E-state index is 13.9. The smallest absolute Gasteiger partial charge is 0.417 e. The number of halogens is 3. The number of pyridine rings is 1. The molecule has 30 heavy (non-hydrogen) atoms. The summed E-state index contributed by atoms with van der Waals surface area (Å²) >= 11 is 1.31. The zero-order chi connectivity index (χ0) is 21.7. The fourth-order valence-corrected chi connectivity index (χ4v) is 4.91. The average Bonchev–Trinajstić information content (AvgIpc) is 3.31. The maximum absolute atomic E-state index is 13.9. The van der Waals surface area contributed by atoms with Crippen LogP contribution in [0.5, 0.6) is 5.75 Å². The van der Waals surface area contributed by atoms with Gasteiger partial charge in [0, 0.05) is 24.0 Å². The van der Waals surface area contributed by atoms with E-state index >= 15 is 0 Å². The van der Waals surface area contributed by atoms with Crippen LogP contribution in [0.25, 0.3) is 21.5 Å². The molecule has 1 aliphatic heterocycles. The maximum Gasteiger partial charge on any atom is 0.417 e. The van der Waals surface area contributed by atoms with E-state index in [-0.39, 0.29) is 11.3 Å². The number of aliphatic hydroxyl groups is 1. The molecule has 0 spiro atoms. The van der Waals surface area contributed by atoms with E-state index in [1.165, 1.54) is 11.3 Å². The predicted molar refractivity (Wildman–Crippen MR) is 111 cm³/mol. The Hall–Kier alpha value is -2.32. The zero-order valence-electron chi connectivity index (χ0n) is 16.6. The van der Waals surface area contributed by atoms with E-state index in [9.17, 15) is 23.1 Å². The van der Waals surface area contributed by atoms with Crippen LogP contribution in [0.2, 0.25) is 0 Å². The van der Waals surface area contributed by atoms with Gasteiger partial charge in [0.15, 0.2) is 11.0 Å². The number of hydrogen-bond acceptors (Lipinski definition) is 4.